The van der Waals surface area contributed by atoms with E-state index in [4.69, 9.17) is 0 Å². The quantitative estimate of drug-likeness (QED) is 0.664. The van der Waals surface area contributed by atoms with Crippen molar-refractivity contribution in [2.24, 2.45) is 7.05 Å². The molecule has 1 amide bonds. The summed E-state index contributed by atoms with van der Waals surface area (Å²) in [5, 5.41) is 5.23. The molecule has 0 spiro atoms. The van der Waals surface area contributed by atoms with Gasteiger partial charge in [0.1, 0.15) is 5.82 Å². The Morgan fingerprint density at radius 1 is 1.10 bits per heavy atom. The summed E-state index contributed by atoms with van der Waals surface area (Å²) < 4.78 is 5.02. The molecule has 4 heterocycles. The molecule has 1 atom stereocenters. The molecule has 5 rings (SSSR count). The molecule has 1 aliphatic carbocycles. The van der Waals surface area contributed by atoms with E-state index in [1.807, 2.05) is 16.4 Å². The third-order valence-corrected chi connectivity index (χ3v) is 7.94. The van der Waals surface area contributed by atoms with Gasteiger partial charge in [-0.25, -0.2) is 14.5 Å². The average molecular weight is 445 g/mol. The molecule has 10 heteroatoms. The topological polar surface area (TPSA) is 95.0 Å². The van der Waals surface area contributed by atoms with Crippen molar-refractivity contribution in [1.82, 2.24) is 28.8 Å². The van der Waals surface area contributed by atoms with Crippen LogP contribution in [-0.2, 0) is 11.8 Å². The van der Waals surface area contributed by atoms with Crippen molar-refractivity contribution < 1.29 is 4.79 Å². The van der Waals surface area contributed by atoms with E-state index in [0.29, 0.717) is 36.9 Å². The number of aryl methyl sites for hydroxylation is 2. The second-order valence-electron chi connectivity index (χ2n) is 8.97. The summed E-state index contributed by atoms with van der Waals surface area (Å²) in [6, 6.07) is 0.162. The number of thioether (sulfide) groups is 1. The normalized spacial score (nSPS) is 21.5. The fourth-order valence-corrected chi connectivity index (χ4v) is 5.87. The Morgan fingerprint density at radius 3 is 2.48 bits per heavy atom. The Kier molecular flexibility index (Phi) is 5.07. The largest absolute Gasteiger partial charge is 0.345 e. The molecule has 3 aliphatic rings. The third kappa shape index (κ3) is 3.54. The molecule has 2 fully saturated rings. The van der Waals surface area contributed by atoms with Crippen LogP contribution in [0.25, 0.3) is 0 Å². The van der Waals surface area contributed by atoms with Gasteiger partial charge >= 0.3 is 5.69 Å². The second-order valence-corrected chi connectivity index (χ2v) is 9.96. The molecule has 1 saturated heterocycles. The maximum atomic E-state index is 13.0. The molecular formula is C21H28N6O3S. The van der Waals surface area contributed by atoms with Gasteiger partial charge < -0.3 is 4.90 Å². The van der Waals surface area contributed by atoms with Gasteiger partial charge in [0, 0.05) is 55.5 Å². The Bertz CT molecular complexity index is 1150. The van der Waals surface area contributed by atoms with Crippen molar-refractivity contribution in [2.75, 3.05) is 18.8 Å². The van der Waals surface area contributed by atoms with E-state index in [1.165, 1.54) is 4.68 Å². The fourth-order valence-electron chi connectivity index (χ4n) is 4.69. The molecule has 1 saturated carbocycles. The highest BCUT2D eigenvalue weighted by Gasteiger charge is 2.35. The number of carbonyl (C=O) groups is 1. The zero-order valence-electron chi connectivity index (χ0n) is 18.2. The SMILES string of the molecule is Cc1nc2n(c(=O)c1C)C(CC(=O)N1CCC(c3nn(C)c(=O)n3C3CC3)CC1)CS2. The predicted octanol–water partition coefficient (Wildman–Crippen LogP) is 1.53. The Balaban J connectivity index is 1.25. The molecule has 2 aromatic heterocycles. The maximum absolute atomic E-state index is 13.0. The summed E-state index contributed by atoms with van der Waals surface area (Å²) in [7, 11) is 1.71. The Labute approximate surface area is 184 Å². The monoisotopic (exact) mass is 444 g/mol. The molecule has 2 aromatic rings. The number of likely N-dealkylation sites (tertiary alicyclic amines) is 1. The summed E-state index contributed by atoms with van der Waals surface area (Å²) in [5.41, 5.74) is 1.36. The summed E-state index contributed by atoms with van der Waals surface area (Å²) in [4.78, 5) is 44.6. The molecule has 0 aromatic carbocycles. The van der Waals surface area contributed by atoms with Crippen LogP contribution in [0.2, 0.25) is 0 Å². The van der Waals surface area contributed by atoms with Crippen LogP contribution >= 0.6 is 11.8 Å². The number of rotatable bonds is 4. The van der Waals surface area contributed by atoms with E-state index in [1.54, 1.807) is 30.3 Å². The average Bonchev–Trinajstić information content (AvgIpc) is 3.45. The maximum Gasteiger partial charge on any atom is 0.345 e. The molecule has 0 N–H and O–H groups in total. The molecule has 9 nitrogen and oxygen atoms in total. The molecule has 31 heavy (non-hydrogen) atoms. The minimum atomic E-state index is -0.139. The van der Waals surface area contributed by atoms with Gasteiger partial charge in [0.2, 0.25) is 5.91 Å². The first-order valence-corrected chi connectivity index (χ1v) is 12.0. The zero-order valence-corrected chi connectivity index (χ0v) is 19.0. The summed E-state index contributed by atoms with van der Waals surface area (Å²) in [5.74, 6) is 1.88. The fraction of sp³-hybridized carbons (Fsp3) is 0.667. The second kappa shape index (κ2) is 7.65. The Morgan fingerprint density at radius 2 is 1.81 bits per heavy atom. The van der Waals surface area contributed by atoms with Crippen molar-refractivity contribution in [2.45, 2.75) is 69.1 Å². The van der Waals surface area contributed by atoms with Crippen LogP contribution in [0.15, 0.2) is 14.7 Å². The van der Waals surface area contributed by atoms with Crippen LogP contribution in [0.5, 0.6) is 0 Å². The van der Waals surface area contributed by atoms with Gasteiger partial charge in [-0.2, -0.15) is 5.10 Å². The predicted molar refractivity (Wildman–Crippen MR) is 117 cm³/mol. The first-order chi connectivity index (χ1) is 14.8. The van der Waals surface area contributed by atoms with Crippen LogP contribution in [0.1, 0.15) is 67.2 Å². The van der Waals surface area contributed by atoms with Gasteiger partial charge in [-0.3, -0.25) is 18.7 Å². The van der Waals surface area contributed by atoms with Crippen LogP contribution in [-0.4, -0.2) is 53.5 Å². The highest BCUT2D eigenvalue weighted by atomic mass is 32.2. The number of hydrogen-bond donors (Lipinski definition) is 0. The third-order valence-electron chi connectivity index (χ3n) is 6.84. The van der Waals surface area contributed by atoms with E-state index in [-0.39, 0.29) is 29.1 Å². The van der Waals surface area contributed by atoms with Crippen LogP contribution < -0.4 is 11.2 Å². The molecule has 2 aliphatic heterocycles. The lowest BCUT2D eigenvalue weighted by molar-refractivity contribution is -0.133. The molecule has 166 valence electrons. The number of amides is 1. The summed E-state index contributed by atoms with van der Waals surface area (Å²) in [6.45, 7) is 4.96. The van der Waals surface area contributed by atoms with Crippen LogP contribution in [0.3, 0.4) is 0 Å². The summed E-state index contributed by atoms with van der Waals surface area (Å²) in [6.07, 6.45) is 4.04. The first-order valence-electron chi connectivity index (χ1n) is 11.0. The molecule has 1 unspecified atom stereocenters. The van der Waals surface area contributed by atoms with Gasteiger partial charge in [0.05, 0.1) is 6.04 Å². The number of aromatic nitrogens is 5. The zero-order chi connectivity index (χ0) is 21.9. The van der Waals surface area contributed by atoms with Gasteiger partial charge in [-0.1, -0.05) is 11.8 Å². The molecule has 0 bridgehead atoms. The van der Waals surface area contributed by atoms with Crippen molar-refractivity contribution in [3.8, 4) is 0 Å². The van der Waals surface area contributed by atoms with Crippen molar-refractivity contribution in [3.05, 3.63) is 37.9 Å². The number of fused-ring (bicyclic) bond motifs is 1. The van der Waals surface area contributed by atoms with Crippen molar-refractivity contribution in [1.29, 1.82) is 0 Å². The minimum Gasteiger partial charge on any atom is -0.343 e. The number of piperidine rings is 1. The van der Waals surface area contributed by atoms with Crippen molar-refractivity contribution >= 4 is 17.7 Å². The van der Waals surface area contributed by atoms with Crippen LogP contribution in [0, 0.1) is 13.8 Å². The Hall–Kier alpha value is -2.36. The van der Waals surface area contributed by atoms with E-state index < -0.39 is 0 Å². The van der Waals surface area contributed by atoms with E-state index in [9.17, 15) is 14.4 Å². The number of carbonyl (C=O) groups excluding carboxylic acids is 1. The van der Waals surface area contributed by atoms with Gasteiger partial charge in [0.15, 0.2) is 5.16 Å². The van der Waals surface area contributed by atoms with E-state index in [0.717, 1.165) is 42.4 Å². The molecule has 0 radical (unpaired) electrons. The van der Waals surface area contributed by atoms with Gasteiger partial charge in [-0.15, -0.1) is 0 Å². The van der Waals surface area contributed by atoms with Gasteiger partial charge in [0.25, 0.3) is 5.56 Å². The molecular weight excluding hydrogens is 416 g/mol. The minimum absolute atomic E-state index is 0.0296. The lowest BCUT2D eigenvalue weighted by Crippen LogP contribution is -2.40. The van der Waals surface area contributed by atoms with Crippen LogP contribution in [0.4, 0.5) is 0 Å². The van der Waals surface area contributed by atoms with E-state index in [2.05, 4.69) is 10.1 Å². The smallest absolute Gasteiger partial charge is 0.343 e. The number of nitrogens with zero attached hydrogens (tertiary/aromatic N) is 6. The summed E-state index contributed by atoms with van der Waals surface area (Å²) >= 11 is 1.55. The highest BCUT2D eigenvalue weighted by Crippen LogP contribution is 2.38. The van der Waals surface area contributed by atoms with Gasteiger partial charge in [-0.05, 0) is 39.5 Å². The lowest BCUT2D eigenvalue weighted by Gasteiger charge is -2.32. The number of hydrogen-bond acceptors (Lipinski definition) is 6. The highest BCUT2D eigenvalue weighted by molar-refractivity contribution is 7.99. The van der Waals surface area contributed by atoms with Crippen molar-refractivity contribution in [3.63, 3.8) is 0 Å². The van der Waals surface area contributed by atoms with E-state index >= 15 is 0 Å². The standard InChI is InChI=1S/C21H28N6O3S/c1-12-13(2)22-20-27(19(12)29)16(11-31-20)10-17(28)25-8-6-14(7-9-25)18-23-24(3)21(30)26(18)15-4-5-15/h14-16H,4-11H2,1-3H3. The lowest BCUT2D eigenvalue weighted by atomic mass is 9.95. The first kappa shape index (κ1) is 20.5.